The summed E-state index contributed by atoms with van der Waals surface area (Å²) in [7, 11) is -2.94. The van der Waals surface area contributed by atoms with Gasteiger partial charge in [-0.15, -0.1) is 6.58 Å². The molecule has 0 radical (unpaired) electrons. The van der Waals surface area contributed by atoms with Crippen molar-refractivity contribution >= 4 is 21.7 Å². The van der Waals surface area contributed by atoms with Gasteiger partial charge in [0.15, 0.2) is 0 Å². The van der Waals surface area contributed by atoms with Gasteiger partial charge in [-0.3, -0.25) is 0 Å². The second kappa shape index (κ2) is 6.28. The van der Waals surface area contributed by atoms with E-state index >= 15 is 0 Å². The van der Waals surface area contributed by atoms with Crippen molar-refractivity contribution in [1.82, 2.24) is 4.72 Å². The lowest BCUT2D eigenvalue weighted by Crippen LogP contribution is -2.27. The van der Waals surface area contributed by atoms with Crippen LogP contribution < -0.4 is 4.72 Å². The minimum atomic E-state index is -2.94. The van der Waals surface area contributed by atoms with Crippen LogP contribution in [0.2, 0.25) is 0 Å². The van der Waals surface area contributed by atoms with Crippen LogP contribution in [0.4, 0.5) is 0 Å². The lowest BCUT2D eigenvalue weighted by atomic mass is 10.2. The number of nitrogens with one attached hydrogen (secondary N) is 1. The van der Waals surface area contributed by atoms with Crippen molar-refractivity contribution in [2.45, 2.75) is 18.9 Å². The first kappa shape index (κ1) is 12.8. The van der Waals surface area contributed by atoms with Crippen LogP contribution in [-0.4, -0.2) is 30.7 Å². The van der Waals surface area contributed by atoms with Gasteiger partial charge in [-0.25, -0.2) is 17.3 Å². The van der Waals surface area contributed by atoms with Crippen molar-refractivity contribution in [3.8, 4) is 0 Å². The van der Waals surface area contributed by atoms with E-state index in [1.807, 2.05) is 0 Å². The summed E-state index contributed by atoms with van der Waals surface area (Å²) in [6.07, 6.45) is 3.93. The maximum Gasteiger partial charge on any atom is 0.147 e. The van der Waals surface area contributed by atoms with Crippen LogP contribution in [0.25, 0.3) is 0 Å². The Hall–Kier alpha value is -0.200. The third-order valence-electron chi connectivity index (χ3n) is 1.52. The third-order valence-corrected chi connectivity index (χ3v) is 2.97. The number of rotatable bonds is 7. The Labute approximate surface area is 83.0 Å². The molecule has 0 amide bonds. The standard InChI is InChI=1S/C7H15NO3S2/c1-3-4-7(8-12-9)5-6-13(2,10)11/h3,7,12H,1,4-6H2,2H3,(H,8,9)/t7-/m1/s1. The first-order valence-electron chi connectivity index (χ1n) is 3.86. The number of hydrogen-bond acceptors (Lipinski definition) is 3. The SMILES string of the molecule is C=CC[C@H](CCS(C)(=O)=O)N[SH]=O. The van der Waals surface area contributed by atoms with E-state index in [2.05, 4.69) is 11.3 Å². The summed E-state index contributed by atoms with van der Waals surface area (Å²) in [5.41, 5.74) is 0. The normalized spacial score (nSPS) is 13.9. The Balaban J connectivity index is 3.95. The molecule has 0 aromatic heterocycles. The molecule has 0 bridgehead atoms. The fourth-order valence-corrected chi connectivity index (χ4v) is 1.96. The second-order valence-corrected chi connectivity index (χ2v) is 5.56. The molecule has 78 valence electrons. The summed E-state index contributed by atoms with van der Waals surface area (Å²) < 4.78 is 34.5. The Morgan fingerprint density at radius 1 is 1.62 bits per heavy atom. The van der Waals surface area contributed by atoms with Crippen molar-refractivity contribution in [3.63, 3.8) is 0 Å². The molecule has 6 heteroatoms. The molecule has 13 heavy (non-hydrogen) atoms. The minimum absolute atomic E-state index is 0.0774. The van der Waals surface area contributed by atoms with Gasteiger partial charge in [0.1, 0.15) is 9.84 Å². The highest BCUT2D eigenvalue weighted by molar-refractivity contribution is 7.90. The maximum atomic E-state index is 10.8. The summed E-state index contributed by atoms with van der Waals surface area (Å²) in [5, 5.41) is 0. The zero-order chi connectivity index (χ0) is 10.3. The molecule has 1 N–H and O–H groups in total. The van der Waals surface area contributed by atoms with Crippen molar-refractivity contribution in [3.05, 3.63) is 12.7 Å². The molecule has 1 atom stereocenters. The molecule has 0 saturated carbocycles. The molecule has 0 aliphatic rings. The van der Waals surface area contributed by atoms with Gasteiger partial charge in [-0.1, -0.05) is 6.08 Å². The van der Waals surface area contributed by atoms with Crippen LogP contribution in [0.1, 0.15) is 12.8 Å². The van der Waals surface area contributed by atoms with Gasteiger partial charge >= 0.3 is 0 Å². The lowest BCUT2D eigenvalue weighted by molar-refractivity contribution is 0.573. The first-order chi connectivity index (χ1) is 5.99. The van der Waals surface area contributed by atoms with Gasteiger partial charge in [0, 0.05) is 12.3 Å². The molecular weight excluding hydrogens is 210 g/mol. The van der Waals surface area contributed by atoms with Crippen molar-refractivity contribution < 1.29 is 12.6 Å². The topological polar surface area (TPSA) is 63.2 Å². The van der Waals surface area contributed by atoms with E-state index in [1.165, 1.54) is 6.26 Å². The van der Waals surface area contributed by atoms with Crippen LogP contribution >= 0.6 is 0 Å². The Kier molecular flexibility index (Phi) is 6.19. The van der Waals surface area contributed by atoms with E-state index in [0.717, 1.165) is 0 Å². The van der Waals surface area contributed by atoms with Crippen molar-refractivity contribution in [2.24, 2.45) is 0 Å². The predicted molar refractivity (Wildman–Crippen MR) is 55.6 cm³/mol. The predicted octanol–water partition coefficient (Wildman–Crippen LogP) is -0.184. The number of hydrogen-bond donors (Lipinski definition) is 2. The van der Waals surface area contributed by atoms with Crippen molar-refractivity contribution in [1.29, 1.82) is 0 Å². The Bertz CT molecular complexity index is 251. The molecule has 0 aromatic carbocycles. The largest absolute Gasteiger partial charge is 0.246 e. The lowest BCUT2D eigenvalue weighted by Gasteiger charge is -2.11. The third kappa shape index (κ3) is 8.14. The second-order valence-electron chi connectivity index (χ2n) is 2.86. The summed E-state index contributed by atoms with van der Waals surface area (Å²) in [6, 6.07) is -0.0774. The fourth-order valence-electron chi connectivity index (χ4n) is 0.867. The van der Waals surface area contributed by atoms with E-state index in [4.69, 9.17) is 0 Å². The molecule has 4 nitrogen and oxygen atoms in total. The fraction of sp³-hybridized carbons (Fsp3) is 0.714. The maximum absolute atomic E-state index is 10.8. The smallest absolute Gasteiger partial charge is 0.147 e. The Morgan fingerprint density at radius 3 is 2.62 bits per heavy atom. The molecule has 0 unspecified atom stereocenters. The Morgan fingerprint density at radius 2 is 2.23 bits per heavy atom. The van der Waals surface area contributed by atoms with Crippen LogP contribution in [0.15, 0.2) is 12.7 Å². The van der Waals surface area contributed by atoms with Gasteiger partial charge < -0.3 is 0 Å². The zero-order valence-corrected chi connectivity index (χ0v) is 9.27. The number of sulfone groups is 1. The van der Waals surface area contributed by atoms with Gasteiger partial charge in [-0.2, -0.15) is 0 Å². The molecule has 0 heterocycles. The van der Waals surface area contributed by atoms with E-state index in [-0.39, 0.29) is 23.6 Å². The van der Waals surface area contributed by atoms with E-state index in [9.17, 15) is 12.6 Å². The first-order valence-corrected chi connectivity index (χ1v) is 6.73. The van der Waals surface area contributed by atoms with Gasteiger partial charge in [0.05, 0.1) is 17.6 Å². The van der Waals surface area contributed by atoms with Gasteiger partial charge in [-0.05, 0) is 12.8 Å². The highest BCUT2D eigenvalue weighted by Gasteiger charge is 2.09. The molecule has 0 rings (SSSR count). The van der Waals surface area contributed by atoms with Gasteiger partial charge in [0.2, 0.25) is 0 Å². The monoisotopic (exact) mass is 225 g/mol. The summed E-state index contributed by atoms with van der Waals surface area (Å²) in [5.74, 6) is 0.105. The van der Waals surface area contributed by atoms with E-state index < -0.39 is 9.84 Å². The van der Waals surface area contributed by atoms with Gasteiger partial charge in [0.25, 0.3) is 0 Å². The number of thiol groups is 1. The highest BCUT2D eigenvalue weighted by atomic mass is 32.2. The summed E-state index contributed by atoms with van der Waals surface area (Å²) in [6.45, 7) is 3.53. The molecule has 0 fully saturated rings. The molecule has 0 aliphatic carbocycles. The van der Waals surface area contributed by atoms with E-state index in [0.29, 0.717) is 12.8 Å². The molecule has 0 aliphatic heterocycles. The summed E-state index contributed by atoms with van der Waals surface area (Å²) in [4.78, 5) is 0. The summed E-state index contributed by atoms with van der Waals surface area (Å²) >= 11 is -0.172. The minimum Gasteiger partial charge on any atom is -0.246 e. The highest BCUT2D eigenvalue weighted by Crippen LogP contribution is 2.00. The molecule has 0 saturated heterocycles. The molecule has 0 aromatic rings. The van der Waals surface area contributed by atoms with E-state index in [1.54, 1.807) is 6.08 Å². The quantitative estimate of drug-likeness (QED) is 0.466. The zero-order valence-electron chi connectivity index (χ0n) is 7.56. The van der Waals surface area contributed by atoms with Crippen LogP contribution in [0.3, 0.4) is 0 Å². The average Bonchev–Trinajstić information content (AvgIpc) is 2.00. The molecule has 0 spiro atoms. The molecular formula is C7H15NO3S2. The van der Waals surface area contributed by atoms with Crippen LogP contribution in [0.5, 0.6) is 0 Å². The average molecular weight is 225 g/mol. The van der Waals surface area contributed by atoms with Crippen LogP contribution in [-0.2, 0) is 21.7 Å². The van der Waals surface area contributed by atoms with Crippen molar-refractivity contribution in [2.75, 3.05) is 12.0 Å². The van der Waals surface area contributed by atoms with Crippen LogP contribution in [0, 0.1) is 0 Å².